The summed E-state index contributed by atoms with van der Waals surface area (Å²) in [6.45, 7) is 2.27. The number of aryl methyl sites for hydroxylation is 1. The van der Waals surface area contributed by atoms with Gasteiger partial charge in [-0.25, -0.2) is 0 Å². The molecule has 3 aromatic rings. The second kappa shape index (κ2) is 7.90. The third-order valence-corrected chi connectivity index (χ3v) is 4.23. The van der Waals surface area contributed by atoms with Crippen LogP contribution in [-0.2, 0) is 20.1 Å². The summed E-state index contributed by atoms with van der Waals surface area (Å²) >= 11 is 0. The Bertz CT molecular complexity index is 695. The third-order valence-electron chi connectivity index (χ3n) is 4.23. The molecule has 0 saturated carbocycles. The van der Waals surface area contributed by atoms with Crippen molar-refractivity contribution in [2.75, 3.05) is 6.54 Å². The van der Waals surface area contributed by atoms with Gasteiger partial charge in [0.25, 0.3) is 0 Å². The molecule has 4 heteroatoms. The number of nitrogens with zero attached hydrogens (tertiary/aromatic N) is 3. The van der Waals surface area contributed by atoms with Gasteiger partial charge in [-0.1, -0.05) is 60.7 Å². The number of nitrogens with two attached hydrogens (primary N) is 1. The minimum atomic E-state index is 0.138. The normalized spacial score (nSPS) is 12.5. The Morgan fingerprint density at radius 2 is 1.50 bits per heavy atom. The van der Waals surface area contributed by atoms with E-state index >= 15 is 0 Å². The molecular weight excluding hydrogens is 296 g/mol. The van der Waals surface area contributed by atoms with Crippen LogP contribution >= 0.6 is 0 Å². The first-order valence-electron chi connectivity index (χ1n) is 8.27. The molecule has 1 atom stereocenters. The Labute approximate surface area is 143 Å². The average Bonchev–Trinajstić information content (AvgIpc) is 3.03. The lowest BCUT2D eigenvalue weighted by Gasteiger charge is -2.30. The van der Waals surface area contributed by atoms with E-state index in [1.807, 2.05) is 30.1 Å². The highest BCUT2D eigenvalue weighted by Gasteiger charge is 2.21. The average molecular weight is 320 g/mol. The van der Waals surface area contributed by atoms with Crippen molar-refractivity contribution in [1.29, 1.82) is 0 Å². The Balaban J connectivity index is 1.87. The Hall–Kier alpha value is -2.43. The maximum atomic E-state index is 6.14. The van der Waals surface area contributed by atoms with Gasteiger partial charge >= 0.3 is 0 Å². The zero-order chi connectivity index (χ0) is 16.8. The molecule has 0 aliphatic heterocycles. The van der Waals surface area contributed by atoms with Crippen LogP contribution in [0.5, 0.6) is 0 Å². The molecule has 2 N–H and O–H groups in total. The predicted octanol–water partition coefficient (Wildman–Crippen LogP) is 3.12. The second-order valence-corrected chi connectivity index (χ2v) is 6.08. The quantitative estimate of drug-likeness (QED) is 0.727. The highest BCUT2D eigenvalue weighted by molar-refractivity contribution is 5.19. The second-order valence-electron chi connectivity index (χ2n) is 6.08. The van der Waals surface area contributed by atoms with E-state index < -0.39 is 0 Å². The molecule has 1 aromatic heterocycles. The molecule has 0 aliphatic carbocycles. The number of aromatic nitrogens is 2. The largest absolute Gasteiger partial charge is 0.329 e. The lowest BCUT2D eigenvalue weighted by atomic mass is 10.1. The van der Waals surface area contributed by atoms with Gasteiger partial charge in [0.2, 0.25) is 0 Å². The monoisotopic (exact) mass is 320 g/mol. The molecule has 0 fully saturated rings. The SMILES string of the molecule is Cn1cc(C(CN)N(Cc2ccccc2)Cc2ccccc2)cn1. The molecular formula is C20H24N4. The molecule has 0 amide bonds. The van der Waals surface area contributed by atoms with Crippen LogP contribution < -0.4 is 5.73 Å². The summed E-state index contributed by atoms with van der Waals surface area (Å²) in [6.07, 6.45) is 3.97. The smallest absolute Gasteiger partial charge is 0.0538 e. The van der Waals surface area contributed by atoms with Crippen LogP contribution in [0.2, 0.25) is 0 Å². The van der Waals surface area contributed by atoms with Gasteiger partial charge in [0.1, 0.15) is 0 Å². The van der Waals surface area contributed by atoms with E-state index in [4.69, 9.17) is 5.73 Å². The van der Waals surface area contributed by atoms with E-state index in [0.717, 1.165) is 18.7 Å². The van der Waals surface area contributed by atoms with Gasteiger partial charge in [0.05, 0.1) is 12.2 Å². The molecule has 0 bridgehead atoms. The van der Waals surface area contributed by atoms with Gasteiger partial charge in [-0.2, -0.15) is 5.10 Å². The van der Waals surface area contributed by atoms with Crippen molar-refractivity contribution in [1.82, 2.24) is 14.7 Å². The summed E-state index contributed by atoms with van der Waals surface area (Å²) < 4.78 is 1.83. The number of hydrogen-bond donors (Lipinski definition) is 1. The fraction of sp³-hybridized carbons (Fsp3) is 0.250. The zero-order valence-corrected chi connectivity index (χ0v) is 14.0. The Morgan fingerprint density at radius 3 is 1.92 bits per heavy atom. The van der Waals surface area contributed by atoms with Crippen LogP contribution in [0.4, 0.5) is 0 Å². The molecule has 4 nitrogen and oxygen atoms in total. The van der Waals surface area contributed by atoms with Gasteiger partial charge in [-0.3, -0.25) is 9.58 Å². The first-order chi connectivity index (χ1) is 11.8. The van der Waals surface area contributed by atoms with Crippen LogP contribution in [-0.4, -0.2) is 21.2 Å². The first kappa shape index (κ1) is 16.4. The van der Waals surface area contributed by atoms with E-state index in [1.165, 1.54) is 11.1 Å². The highest BCUT2D eigenvalue weighted by atomic mass is 15.3. The molecule has 1 heterocycles. The summed E-state index contributed by atoms with van der Waals surface area (Å²) in [5, 5.41) is 4.32. The van der Waals surface area contributed by atoms with Crippen molar-refractivity contribution in [2.24, 2.45) is 12.8 Å². The molecule has 24 heavy (non-hydrogen) atoms. The van der Waals surface area contributed by atoms with E-state index in [9.17, 15) is 0 Å². The maximum absolute atomic E-state index is 6.14. The van der Waals surface area contributed by atoms with Crippen molar-refractivity contribution < 1.29 is 0 Å². The van der Waals surface area contributed by atoms with Crippen molar-refractivity contribution >= 4 is 0 Å². The summed E-state index contributed by atoms with van der Waals surface area (Å²) in [4.78, 5) is 2.42. The van der Waals surface area contributed by atoms with Gasteiger partial charge in [0, 0.05) is 38.4 Å². The van der Waals surface area contributed by atoms with Crippen molar-refractivity contribution in [3.05, 3.63) is 89.7 Å². The number of benzene rings is 2. The minimum absolute atomic E-state index is 0.138. The highest BCUT2D eigenvalue weighted by Crippen LogP contribution is 2.24. The first-order valence-corrected chi connectivity index (χ1v) is 8.27. The molecule has 0 aliphatic rings. The summed E-state index contributed by atoms with van der Waals surface area (Å²) in [7, 11) is 1.94. The van der Waals surface area contributed by atoms with Crippen LogP contribution in [0, 0.1) is 0 Å². The van der Waals surface area contributed by atoms with Gasteiger partial charge in [-0.15, -0.1) is 0 Å². The standard InChI is InChI=1S/C20H24N4/c1-23-16-19(13-22-23)20(12-21)24(14-17-8-4-2-5-9-17)15-18-10-6-3-7-11-18/h2-11,13,16,20H,12,14-15,21H2,1H3. The maximum Gasteiger partial charge on any atom is 0.0538 e. The summed E-state index contributed by atoms with van der Waals surface area (Å²) in [5.41, 5.74) is 9.88. The molecule has 0 saturated heterocycles. The minimum Gasteiger partial charge on any atom is -0.329 e. The molecule has 2 aromatic carbocycles. The fourth-order valence-corrected chi connectivity index (χ4v) is 3.02. The van der Waals surface area contributed by atoms with E-state index in [1.54, 1.807) is 0 Å². The topological polar surface area (TPSA) is 47.1 Å². The van der Waals surface area contributed by atoms with Crippen molar-refractivity contribution in [2.45, 2.75) is 19.1 Å². The Kier molecular flexibility index (Phi) is 5.41. The fourth-order valence-electron chi connectivity index (χ4n) is 3.02. The molecule has 3 rings (SSSR count). The molecule has 124 valence electrons. The molecule has 1 unspecified atom stereocenters. The predicted molar refractivity (Wildman–Crippen MR) is 97.1 cm³/mol. The third kappa shape index (κ3) is 4.10. The van der Waals surface area contributed by atoms with Crippen LogP contribution in [0.3, 0.4) is 0 Å². The molecule has 0 spiro atoms. The lowest BCUT2D eigenvalue weighted by molar-refractivity contribution is 0.183. The van der Waals surface area contributed by atoms with Crippen LogP contribution in [0.1, 0.15) is 22.7 Å². The van der Waals surface area contributed by atoms with Gasteiger partial charge < -0.3 is 5.73 Å². The van der Waals surface area contributed by atoms with Crippen LogP contribution in [0.25, 0.3) is 0 Å². The van der Waals surface area contributed by atoms with Crippen molar-refractivity contribution in [3.63, 3.8) is 0 Å². The van der Waals surface area contributed by atoms with E-state index in [0.29, 0.717) is 6.54 Å². The Morgan fingerprint density at radius 1 is 0.958 bits per heavy atom. The number of hydrogen-bond acceptors (Lipinski definition) is 3. The zero-order valence-electron chi connectivity index (χ0n) is 14.0. The summed E-state index contributed by atoms with van der Waals surface area (Å²) in [6, 6.07) is 21.2. The number of rotatable bonds is 7. The lowest BCUT2D eigenvalue weighted by Crippen LogP contribution is -2.33. The summed E-state index contributed by atoms with van der Waals surface area (Å²) in [5.74, 6) is 0. The van der Waals surface area contributed by atoms with Crippen molar-refractivity contribution in [3.8, 4) is 0 Å². The van der Waals surface area contributed by atoms with Gasteiger partial charge in [-0.05, 0) is 11.1 Å². The van der Waals surface area contributed by atoms with E-state index in [-0.39, 0.29) is 6.04 Å². The molecule has 0 radical (unpaired) electrons. The van der Waals surface area contributed by atoms with Gasteiger partial charge in [0.15, 0.2) is 0 Å². The van der Waals surface area contributed by atoms with Crippen LogP contribution in [0.15, 0.2) is 73.1 Å². The van der Waals surface area contributed by atoms with E-state index in [2.05, 4.69) is 64.7 Å².